The van der Waals surface area contributed by atoms with Crippen LogP contribution < -0.4 is 5.32 Å². The van der Waals surface area contributed by atoms with Crippen LogP contribution in [0.3, 0.4) is 0 Å². The molecule has 168 valence electrons. The van der Waals surface area contributed by atoms with Gasteiger partial charge in [0.1, 0.15) is 0 Å². The van der Waals surface area contributed by atoms with Crippen LogP contribution >= 0.6 is 11.8 Å². The third kappa shape index (κ3) is 4.22. The van der Waals surface area contributed by atoms with E-state index >= 15 is 0 Å². The van der Waals surface area contributed by atoms with Crippen LogP contribution in [0.5, 0.6) is 0 Å². The standard InChI is InChI=1S/C29H24N2O2S/c1-19-9-7-10-21(17-19)28(32)30-22-11-8-12-23(18-22)34-20(2)29(33)31-26-15-5-3-13-24(26)25-14-4-6-16-27(25)31/h3-18,20H,1-2H3,(H,30,32). The zero-order valence-corrected chi connectivity index (χ0v) is 19.8. The van der Waals surface area contributed by atoms with Crippen LogP contribution in [0.1, 0.15) is 27.6 Å². The number of nitrogens with one attached hydrogen (secondary N) is 1. The summed E-state index contributed by atoms with van der Waals surface area (Å²) in [7, 11) is 0. The van der Waals surface area contributed by atoms with Crippen molar-refractivity contribution in [1.29, 1.82) is 0 Å². The number of fused-ring (bicyclic) bond motifs is 3. The summed E-state index contributed by atoms with van der Waals surface area (Å²) in [4.78, 5) is 27.1. The maximum absolute atomic E-state index is 13.6. The number of hydrogen-bond donors (Lipinski definition) is 1. The number of hydrogen-bond acceptors (Lipinski definition) is 3. The topological polar surface area (TPSA) is 51.1 Å². The van der Waals surface area contributed by atoms with Gasteiger partial charge in [0, 0.05) is 26.9 Å². The molecule has 5 rings (SSSR count). The predicted octanol–water partition coefficient (Wildman–Crippen LogP) is 7.18. The summed E-state index contributed by atoms with van der Waals surface area (Å²) in [6.07, 6.45) is 0. The van der Waals surface area contributed by atoms with Crippen molar-refractivity contribution in [3.63, 3.8) is 0 Å². The monoisotopic (exact) mass is 464 g/mol. The Morgan fingerprint density at radius 2 is 1.44 bits per heavy atom. The molecule has 4 nitrogen and oxygen atoms in total. The van der Waals surface area contributed by atoms with E-state index in [9.17, 15) is 9.59 Å². The number of thioether (sulfide) groups is 1. The minimum Gasteiger partial charge on any atom is -0.322 e. The number of aromatic nitrogens is 1. The van der Waals surface area contributed by atoms with Crippen molar-refractivity contribution in [2.45, 2.75) is 24.0 Å². The molecule has 1 amide bonds. The summed E-state index contributed by atoms with van der Waals surface area (Å²) >= 11 is 1.48. The Balaban J connectivity index is 1.38. The Morgan fingerprint density at radius 3 is 2.12 bits per heavy atom. The van der Waals surface area contributed by atoms with Crippen molar-refractivity contribution in [2.75, 3.05) is 5.32 Å². The van der Waals surface area contributed by atoms with Gasteiger partial charge in [-0.25, -0.2) is 0 Å². The number of aryl methyl sites for hydroxylation is 1. The third-order valence-electron chi connectivity index (χ3n) is 5.83. The largest absolute Gasteiger partial charge is 0.322 e. The minimum absolute atomic E-state index is 0.0246. The van der Waals surface area contributed by atoms with Crippen LogP contribution in [0.2, 0.25) is 0 Å². The normalized spacial score (nSPS) is 12.1. The van der Waals surface area contributed by atoms with Crippen molar-refractivity contribution >= 4 is 51.1 Å². The highest BCUT2D eigenvalue weighted by atomic mass is 32.2. The van der Waals surface area contributed by atoms with E-state index in [2.05, 4.69) is 17.4 Å². The quantitative estimate of drug-likeness (QED) is 0.280. The van der Waals surface area contributed by atoms with E-state index in [4.69, 9.17) is 0 Å². The highest BCUT2D eigenvalue weighted by Crippen LogP contribution is 2.32. The minimum atomic E-state index is -0.318. The fourth-order valence-electron chi connectivity index (χ4n) is 4.23. The number of amides is 1. The van der Waals surface area contributed by atoms with E-state index in [-0.39, 0.29) is 17.1 Å². The lowest BCUT2D eigenvalue weighted by molar-refractivity contribution is 0.0924. The number of para-hydroxylation sites is 2. The van der Waals surface area contributed by atoms with Gasteiger partial charge in [-0.3, -0.25) is 14.2 Å². The SMILES string of the molecule is Cc1cccc(C(=O)Nc2cccc(SC(C)C(=O)n3c4ccccc4c4ccccc43)c2)c1. The molecule has 34 heavy (non-hydrogen) atoms. The first-order chi connectivity index (χ1) is 16.5. The molecule has 0 radical (unpaired) electrons. The molecular weight excluding hydrogens is 440 g/mol. The number of rotatable bonds is 5. The molecule has 1 heterocycles. The van der Waals surface area contributed by atoms with Gasteiger partial charge in [-0.2, -0.15) is 0 Å². The van der Waals surface area contributed by atoms with Gasteiger partial charge in [-0.05, 0) is 56.3 Å². The molecule has 5 heteroatoms. The number of benzene rings is 4. The van der Waals surface area contributed by atoms with Crippen molar-refractivity contribution in [3.05, 3.63) is 108 Å². The Labute approximate surface area is 202 Å². The third-order valence-corrected chi connectivity index (χ3v) is 6.91. The average Bonchev–Trinajstić information content (AvgIpc) is 3.18. The van der Waals surface area contributed by atoms with E-state index in [1.807, 2.05) is 97.3 Å². The van der Waals surface area contributed by atoms with Gasteiger partial charge < -0.3 is 5.32 Å². The Kier molecular flexibility index (Phi) is 5.95. The van der Waals surface area contributed by atoms with Gasteiger partial charge in [-0.1, -0.05) is 60.2 Å². The summed E-state index contributed by atoms with van der Waals surface area (Å²) < 4.78 is 1.83. The number of nitrogens with zero attached hydrogens (tertiary/aromatic N) is 1. The number of carbonyl (C=O) groups excluding carboxylic acids is 2. The fourth-order valence-corrected chi connectivity index (χ4v) is 5.20. The molecule has 0 saturated heterocycles. The number of carbonyl (C=O) groups is 2. The van der Waals surface area contributed by atoms with Gasteiger partial charge in [0.05, 0.1) is 16.3 Å². The first-order valence-corrected chi connectivity index (χ1v) is 12.1. The molecule has 0 aliphatic rings. The molecule has 5 aromatic rings. The second kappa shape index (κ2) is 9.20. The molecule has 0 aliphatic heterocycles. The van der Waals surface area contributed by atoms with Crippen LogP contribution in [-0.2, 0) is 0 Å². The lowest BCUT2D eigenvalue weighted by Gasteiger charge is -2.14. The van der Waals surface area contributed by atoms with Gasteiger partial charge in [0.2, 0.25) is 5.91 Å². The maximum Gasteiger partial charge on any atom is 0.255 e. The van der Waals surface area contributed by atoms with Crippen LogP contribution in [0.25, 0.3) is 21.8 Å². The predicted molar refractivity (Wildman–Crippen MR) is 141 cm³/mol. The highest BCUT2D eigenvalue weighted by Gasteiger charge is 2.21. The van der Waals surface area contributed by atoms with E-state index in [0.29, 0.717) is 11.3 Å². The Bertz CT molecular complexity index is 1480. The van der Waals surface area contributed by atoms with Gasteiger partial charge in [0.25, 0.3) is 5.91 Å². The van der Waals surface area contributed by atoms with Crippen LogP contribution in [0.4, 0.5) is 5.69 Å². The Hall–Kier alpha value is -3.83. The molecule has 1 aromatic heterocycles. The summed E-state index contributed by atoms with van der Waals surface area (Å²) in [6.45, 7) is 3.89. The second-order valence-electron chi connectivity index (χ2n) is 8.32. The van der Waals surface area contributed by atoms with E-state index in [1.54, 1.807) is 6.07 Å². The zero-order chi connectivity index (χ0) is 23.7. The molecule has 0 spiro atoms. The van der Waals surface area contributed by atoms with Gasteiger partial charge in [-0.15, -0.1) is 11.8 Å². The average molecular weight is 465 g/mol. The van der Waals surface area contributed by atoms with E-state index < -0.39 is 0 Å². The summed E-state index contributed by atoms with van der Waals surface area (Å²) in [6, 6.07) is 31.1. The van der Waals surface area contributed by atoms with Crippen LogP contribution in [0.15, 0.2) is 102 Å². The van der Waals surface area contributed by atoms with Crippen molar-refractivity contribution in [2.24, 2.45) is 0 Å². The van der Waals surface area contributed by atoms with Crippen molar-refractivity contribution in [1.82, 2.24) is 4.57 Å². The molecule has 0 aliphatic carbocycles. The summed E-state index contributed by atoms with van der Waals surface area (Å²) in [5.74, 6) is -0.128. The number of anilines is 1. The summed E-state index contributed by atoms with van der Waals surface area (Å²) in [5, 5.41) is 4.79. The lowest BCUT2D eigenvalue weighted by Crippen LogP contribution is -2.21. The molecular formula is C29H24N2O2S. The Morgan fingerprint density at radius 1 is 0.794 bits per heavy atom. The molecule has 1 unspecified atom stereocenters. The smallest absolute Gasteiger partial charge is 0.255 e. The van der Waals surface area contributed by atoms with Gasteiger partial charge >= 0.3 is 0 Å². The second-order valence-corrected chi connectivity index (χ2v) is 9.73. The zero-order valence-electron chi connectivity index (χ0n) is 19.0. The first-order valence-electron chi connectivity index (χ1n) is 11.2. The van der Waals surface area contributed by atoms with Crippen LogP contribution in [0, 0.1) is 6.92 Å². The van der Waals surface area contributed by atoms with Crippen LogP contribution in [-0.4, -0.2) is 21.6 Å². The fraction of sp³-hybridized carbons (Fsp3) is 0.103. The summed E-state index contributed by atoms with van der Waals surface area (Å²) in [5.41, 5.74) is 4.19. The lowest BCUT2D eigenvalue weighted by atomic mass is 10.1. The molecule has 1 atom stereocenters. The highest BCUT2D eigenvalue weighted by molar-refractivity contribution is 8.00. The molecule has 4 aromatic carbocycles. The molecule has 1 N–H and O–H groups in total. The first kappa shape index (κ1) is 22.0. The van der Waals surface area contributed by atoms with Crippen molar-refractivity contribution < 1.29 is 9.59 Å². The molecule has 0 bridgehead atoms. The molecule has 0 saturated carbocycles. The molecule has 0 fully saturated rings. The maximum atomic E-state index is 13.6. The van der Waals surface area contributed by atoms with E-state index in [1.165, 1.54) is 11.8 Å². The van der Waals surface area contributed by atoms with Gasteiger partial charge in [0.15, 0.2) is 0 Å². The van der Waals surface area contributed by atoms with E-state index in [0.717, 1.165) is 32.3 Å². The van der Waals surface area contributed by atoms with Crippen molar-refractivity contribution in [3.8, 4) is 0 Å².